The summed E-state index contributed by atoms with van der Waals surface area (Å²) < 4.78 is 5.41. The molecule has 18 heavy (non-hydrogen) atoms. The minimum atomic E-state index is 0.448. The zero-order valence-corrected chi connectivity index (χ0v) is 10.8. The van der Waals surface area contributed by atoms with Crippen LogP contribution in [0.2, 0.25) is 0 Å². The van der Waals surface area contributed by atoms with E-state index >= 15 is 0 Å². The Hall–Kier alpha value is -1.32. The van der Waals surface area contributed by atoms with E-state index in [0.29, 0.717) is 12.1 Å². The summed E-state index contributed by atoms with van der Waals surface area (Å²) in [5, 5.41) is 4.93. The molecule has 2 unspecified atom stereocenters. The Balaban J connectivity index is 1.65. The number of para-hydroxylation sites is 1. The quantitative estimate of drug-likeness (QED) is 0.867. The lowest BCUT2D eigenvalue weighted by atomic mass is 10.1. The minimum absolute atomic E-state index is 0.448. The summed E-state index contributed by atoms with van der Waals surface area (Å²) in [5.74, 6) is 0. The van der Waals surface area contributed by atoms with Crippen LogP contribution in [0.5, 0.6) is 0 Å². The van der Waals surface area contributed by atoms with Gasteiger partial charge >= 0.3 is 0 Å². The topological polar surface area (TPSA) is 37.0 Å². The van der Waals surface area contributed by atoms with Crippen LogP contribution in [0.4, 0.5) is 0 Å². The Morgan fingerprint density at radius 2 is 2.28 bits per heavy atom. The second-order valence-electron chi connectivity index (χ2n) is 5.11. The third kappa shape index (κ3) is 2.28. The Morgan fingerprint density at radius 1 is 1.33 bits per heavy atom. The van der Waals surface area contributed by atoms with Gasteiger partial charge in [-0.05, 0) is 36.3 Å². The van der Waals surface area contributed by atoms with Crippen molar-refractivity contribution in [2.45, 2.75) is 38.0 Å². The van der Waals surface area contributed by atoms with Crippen LogP contribution in [0.15, 0.2) is 30.5 Å². The van der Waals surface area contributed by atoms with E-state index in [2.05, 4.69) is 34.6 Å². The first kappa shape index (κ1) is 11.8. The number of H-pyrrole nitrogens is 1. The molecule has 1 heterocycles. The summed E-state index contributed by atoms with van der Waals surface area (Å²) in [6.07, 6.45) is 5.99. The van der Waals surface area contributed by atoms with Crippen LogP contribution in [0.1, 0.15) is 24.8 Å². The highest BCUT2D eigenvalue weighted by Gasteiger charge is 2.23. The van der Waals surface area contributed by atoms with Crippen LogP contribution in [0.25, 0.3) is 10.9 Å². The molecule has 1 aliphatic carbocycles. The van der Waals surface area contributed by atoms with Gasteiger partial charge in [-0.1, -0.05) is 18.2 Å². The molecule has 0 radical (unpaired) electrons. The van der Waals surface area contributed by atoms with E-state index < -0.39 is 0 Å². The highest BCUT2D eigenvalue weighted by atomic mass is 16.5. The minimum Gasteiger partial charge on any atom is -0.381 e. The van der Waals surface area contributed by atoms with E-state index in [1.54, 1.807) is 0 Å². The van der Waals surface area contributed by atoms with Gasteiger partial charge in [0.15, 0.2) is 0 Å². The SMILES string of the molecule is COC1CCC(NCc2cccc3cc[nH]c23)C1. The highest BCUT2D eigenvalue weighted by molar-refractivity contribution is 5.82. The molecule has 2 atom stereocenters. The molecule has 3 nitrogen and oxygen atoms in total. The van der Waals surface area contributed by atoms with Crippen LogP contribution in [0.3, 0.4) is 0 Å². The molecule has 2 N–H and O–H groups in total. The second kappa shape index (κ2) is 5.12. The van der Waals surface area contributed by atoms with Gasteiger partial charge in [0.1, 0.15) is 0 Å². The van der Waals surface area contributed by atoms with Gasteiger partial charge in [0.25, 0.3) is 0 Å². The van der Waals surface area contributed by atoms with Crippen molar-refractivity contribution >= 4 is 10.9 Å². The van der Waals surface area contributed by atoms with Crippen molar-refractivity contribution in [1.29, 1.82) is 0 Å². The molecule has 1 saturated carbocycles. The monoisotopic (exact) mass is 244 g/mol. The molecular formula is C15H20N2O. The van der Waals surface area contributed by atoms with Crippen molar-refractivity contribution in [3.05, 3.63) is 36.0 Å². The molecule has 1 aromatic heterocycles. The van der Waals surface area contributed by atoms with Crippen molar-refractivity contribution in [3.63, 3.8) is 0 Å². The predicted molar refractivity (Wildman–Crippen MR) is 73.6 cm³/mol. The van der Waals surface area contributed by atoms with Gasteiger partial charge in [-0.25, -0.2) is 0 Å². The summed E-state index contributed by atoms with van der Waals surface area (Å²) in [4.78, 5) is 3.32. The summed E-state index contributed by atoms with van der Waals surface area (Å²) in [5.41, 5.74) is 2.60. The van der Waals surface area contributed by atoms with Gasteiger partial charge in [-0.15, -0.1) is 0 Å². The molecule has 3 rings (SSSR count). The third-order valence-electron chi connectivity index (χ3n) is 3.97. The Kier molecular flexibility index (Phi) is 3.35. The smallest absolute Gasteiger partial charge is 0.0586 e. The lowest BCUT2D eigenvalue weighted by molar-refractivity contribution is 0.107. The number of nitrogens with one attached hydrogen (secondary N) is 2. The van der Waals surface area contributed by atoms with Crippen molar-refractivity contribution in [2.75, 3.05) is 7.11 Å². The van der Waals surface area contributed by atoms with E-state index in [-0.39, 0.29) is 0 Å². The van der Waals surface area contributed by atoms with E-state index in [1.165, 1.54) is 29.3 Å². The molecule has 3 heteroatoms. The van der Waals surface area contributed by atoms with Gasteiger partial charge in [-0.3, -0.25) is 0 Å². The molecular weight excluding hydrogens is 224 g/mol. The largest absolute Gasteiger partial charge is 0.381 e. The third-order valence-corrected chi connectivity index (χ3v) is 3.97. The summed E-state index contributed by atoms with van der Waals surface area (Å²) in [6, 6.07) is 9.18. The predicted octanol–water partition coefficient (Wildman–Crippen LogP) is 2.83. The van der Waals surface area contributed by atoms with E-state index in [1.807, 2.05) is 13.3 Å². The molecule has 0 aliphatic heterocycles. The van der Waals surface area contributed by atoms with E-state index in [4.69, 9.17) is 4.74 Å². The maximum atomic E-state index is 5.41. The van der Waals surface area contributed by atoms with Gasteiger partial charge in [0.2, 0.25) is 0 Å². The van der Waals surface area contributed by atoms with E-state index in [0.717, 1.165) is 13.0 Å². The van der Waals surface area contributed by atoms with Crippen LogP contribution in [0, 0.1) is 0 Å². The highest BCUT2D eigenvalue weighted by Crippen LogP contribution is 2.22. The lowest BCUT2D eigenvalue weighted by Crippen LogP contribution is -2.26. The van der Waals surface area contributed by atoms with Crippen molar-refractivity contribution < 1.29 is 4.74 Å². The van der Waals surface area contributed by atoms with Crippen LogP contribution < -0.4 is 5.32 Å². The molecule has 1 aliphatic rings. The van der Waals surface area contributed by atoms with Crippen molar-refractivity contribution in [3.8, 4) is 0 Å². The average molecular weight is 244 g/mol. The molecule has 1 aromatic carbocycles. The fourth-order valence-electron chi connectivity index (χ4n) is 2.89. The van der Waals surface area contributed by atoms with E-state index in [9.17, 15) is 0 Å². The fraction of sp³-hybridized carbons (Fsp3) is 0.467. The zero-order chi connectivity index (χ0) is 12.4. The van der Waals surface area contributed by atoms with Gasteiger partial charge in [0.05, 0.1) is 6.10 Å². The maximum absolute atomic E-state index is 5.41. The molecule has 0 saturated heterocycles. The number of aromatic amines is 1. The number of rotatable bonds is 4. The number of hydrogen-bond acceptors (Lipinski definition) is 2. The fourth-order valence-corrected chi connectivity index (χ4v) is 2.89. The normalized spacial score (nSPS) is 23.8. The first-order valence-corrected chi connectivity index (χ1v) is 6.68. The number of ether oxygens (including phenoxy) is 1. The number of hydrogen-bond donors (Lipinski definition) is 2. The molecule has 0 spiro atoms. The molecule has 1 fully saturated rings. The lowest BCUT2D eigenvalue weighted by Gasteiger charge is -2.13. The van der Waals surface area contributed by atoms with Gasteiger partial charge in [-0.2, -0.15) is 0 Å². The molecule has 96 valence electrons. The van der Waals surface area contributed by atoms with Crippen molar-refractivity contribution in [1.82, 2.24) is 10.3 Å². The first-order chi connectivity index (χ1) is 8.86. The van der Waals surface area contributed by atoms with Gasteiger partial charge in [0, 0.05) is 31.4 Å². The second-order valence-corrected chi connectivity index (χ2v) is 5.11. The first-order valence-electron chi connectivity index (χ1n) is 6.68. The average Bonchev–Trinajstić information content (AvgIpc) is 3.05. The Bertz CT molecular complexity index is 520. The number of benzene rings is 1. The van der Waals surface area contributed by atoms with Crippen LogP contribution in [-0.4, -0.2) is 24.2 Å². The number of methoxy groups -OCH3 is 1. The van der Waals surface area contributed by atoms with Gasteiger partial charge < -0.3 is 15.0 Å². The van der Waals surface area contributed by atoms with Crippen LogP contribution in [-0.2, 0) is 11.3 Å². The maximum Gasteiger partial charge on any atom is 0.0586 e. The zero-order valence-electron chi connectivity index (χ0n) is 10.8. The van der Waals surface area contributed by atoms with Crippen LogP contribution >= 0.6 is 0 Å². The summed E-state index contributed by atoms with van der Waals surface area (Å²) >= 11 is 0. The molecule has 0 bridgehead atoms. The summed E-state index contributed by atoms with van der Waals surface area (Å²) in [6.45, 7) is 0.930. The summed E-state index contributed by atoms with van der Waals surface area (Å²) in [7, 11) is 1.81. The Morgan fingerprint density at radius 3 is 3.11 bits per heavy atom. The Labute approximate surface area is 108 Å². The standard InChI is InChI=1S/C15H20N2O/c1-18-14-6-5-13(9-14)17-10-12-4-2-3-11-7-8-16-15(11)12/h2-4,7-8,13-14,16-17H,5-6,9-10H2,1H3. The van der Waals surface area contributed by atoms with Crippen molar-refractivity contribution in [2.24, 2.45) is 0 Å². The molecule has 2 aromatic rings. The number of fused-ring (bicyclic) bond motifs is 1. The number of aromatic nitrogens is 1. The molecule has 0 amide bonds.